The van der Waals surface area contributed by atoms with E-state index in [9.17, 15) is 0 Å². The second-order valence-corrected chi connectivity index (χ2v) is 5.76. The van der Waals surface area contributed by atoms with Crippen molar-refractivity contribution in [1.29, 1.82) is 0 Å². The van der Waals surface area contributed by atoms with Crippen LogP contribution >= 0.6 is 27.3 Å². The van der Waals surface area contributed by atoms with Gasteiger partial charge in [-0.25, -0.2) is 4.98 Å². The molecule has 0 aliphatic rings. The van der Waals surface area contributed by atoms with Crippen LogP contribution in [0.15, 0.2) is 28.1 Å². The number of ether oxygens (including phenoxy) is 1. The molecule has 5 heteroatoms. The number of nitrogens with one attached hydrogen (secondary N) is 1. The van der Waals surface area contributed by atoms with Crippen LogP contribution in [-0.4, -0.2) is 12.0 Å². The van der Waals surface area contributed by atoms with E-state index in [4.69, 9.17) is 4.74 Å². The Bertz CT molecular complexity index is 527. The predicted molar refractivity (Wildman–Crippen MR) is 78.1 cm³/mol. The van der Waals surface area contributed by atoms with Crippen molar-refractivity contribution < 1.29 is 4.74 Å². The Morgan fingerprint density at radius 3 is 3.00 bits per heavy atom. The van der Waals surface area contributed by atoms with E-state index in [0.717, 1.165) is 27.5 Å². The summed E-state index contributed by atoms with van der Waals surface area (Å²) in [5, 5.41) is 6.21. The van der Waals surface area contributed by atoms with Gasteiger partial charge in [-0.15, -0.1) is 11.3 Å². The maximum atomic E-state index is 5.72. The van der Waals surface area contributed by atoms with E-state index in [1.54, 1.807) is 11.3 Å². The lowest BCUT2D eigenvalue weighted by Gasteiger charge is -2.06. The van der Waals surface area contributed by atoms with Gasteiger partial charge < -0.3 is 10.1 Å². The molecule has 18 heavy (non-hydrogen) atoms. The molecule has 2 rings (SSSR count). The summed E-state index contributed by atoms with van der Waals surface area (Å²) in [7, 11) is 1.92. The molecule has 2 aromatic rings. The van der Waals surface area contributed by atoms with Crippen LogP contribution in [0.3, 0.4) is 0 Å². The fourth-order valence-electron chi connectivity index (χ4n) is 1.51. The predicted octanol–water partition coefficient (Wildman–Crippen LogP) is 3.51. The monoisotopic (exact) mass is 326 g/mol. The Kier molecular flexibility index (Phi) is 4.74. The van der Waals surface area contributed by atoms with Crippen molar-refractivity contribution in [2.24, 2.45) is 0 Å². The largest absolute Gasteiger partial charge is 0.487 e. The van der Waals surface area contributed by atoms with Crippen molar-refractivity contribution in [1.82, 2.24) is 10.3 Å². The molecule has 0 aliphatic heterocycles. The average molecular weight is 327 g/mol. The van der Waals surface area contributed by atoms with Gasteiger partial charge >= 0.3 is 0 Å². The first-order chi connectivity index (χ1) is 8.69. The quantitative estimate of drug-likeness (QED) is 0.912. The molecule has 1 heterocycles. The Hall–Kier alpha value is -0.910. The summed E-state index contributed by atoms with van der Waals surface area (Å²) in [5.41, 5.74) is 2.15. The number of aromatic nitrogens is 1. The van der Waals surface area contributed by atoms with Crippen molar-refractivity contribution in [3.05, 3.63) is 44.3 Å². The molecule has 0 atom stereocenters. The third-order valence-corrected chi connectivity index (χ3v) is 4.23. The molecule has 3 nitrogen and oxygen atoms in total. The number of rotatable bonds is 5. The van der Waals surface area contributed by atoms with E-state index in [-0.39, 0.29) is 0 Å². The fourth-order valence-corrected chi connectivity index (χ4v) is 2.55. The summed E-state index contributed by atoms with van der Waals surface area (Å²) in [6, 6.07) is 5.97. The van der Waals surface area contributed by atoms with E-state index >= 15 is 0 Å². The van der Waals surface area contributed by atoms with Crippen LogP contribution in [-0.2, 0) is 13.2 Å². The van der Waals surface area contributed by atoms with Crippen molar-refractivity contribution in [3.8, 4) is 5.75 Å². The topological polar surface area (TPSA) is 34.2 Å². The second kappa shape index (κ2) is 6.31. The van der Waals surface area contributed by atoms with Crippen molar-refractivity contribution in [2.45, 2.75) is 20.1 Å². The van der Waals surface area contributed by atoms with Crippen LogP contribution in [0.5, 0.6) is 5.75 Å². The minimum absolute atomic E-state index is 0.515. The molecule has 0 saturated heterocycles. The lowest BCUT2D eigenvalue weighted by molar-refractivity contribution is 0.301. The fraction of sp³-hybridized carbons (Fsp3) is 0.308. The molecule has 0 fully saturated rings. The third-order valence-electron chi connectivity index (χ3n) is 2.44. The van der Waals surface area contributed by atoms with E-state index in [1.807, 2.05) is 37.6 Å². The van der Waals surface area contributed by atoms with Crippen molar-refractivity contribution in [2.75, 3.05) is 7.05 Å². The molecule has 0 bridgehead atoms. The Labute approximate surface area is 119 Å². The SMILES string of the molecule is CNCc1nc(COc2ccc(Br)c(C)c2)cs1. The van der Waals surface area contributed by atoms with Gasteiger partial charge in [0.2, 0.25) is 0 Å². The third kappa shape index (κ3) is 3.54. The average Bonchev–Trinajstić information content (AvgIpc) is 2.79. The van der Waals surface area contributed by atoms with Gasteiger partial charge in [-0.3, -0.25) is 0 Å². The van der Waals surface area contributed by atoms with Gasteiger partial charge in [0, 0.05) is 16.4 Å². The van der Waals surface area contributed by atoms with Gasteiger partial charge in [0.1, 0.15) is 17.4 Å². The highest BCUT2D eigenvalue weighted by atomic mass is 79.9. The first-order valence-corrected chi connectivity index (χ1v) is 7.33. The molecular weight excluding hydrogens is 312 g/mol. The van der Waals surface area contributed by atoms with Crippen LogP contribution in [0.2, 0.25) is 0 Å². The molecular formula is C13H15BrN2OS. The van der Waals surface area contributed by atoms with Crippen molar-refractivity contribution in [3.63, 3.8) is 0 Å². The van der Waals surface area contributed by atoms with Crippen LogP contribution in [0.1, 0.15) is 16.3 Å². The first-order valence-electron chi connectivity index (χ1n) is 5.66. The maximum absolute atomic E-state index is 5.72. The summed E-state index contributed by atoms with van der Waals surface area (Å²) in [5.74, 6) is 0.874. The van der Waals surface area contributed by atoms with Gasteiger partial charge in [0.25, 0.3) is 0 Å². The highest BCUT2D eigenvalue weighted by molar-refractivity contribution is 9.10. The van der Waals surface area contributed by atoms with Gasteiger partial charge in [0.15, 0.2) is 0 Å². The summed E-state index contributed by atoms with van der Waals surface area (Å²) in [6.45, 7) is 3.37. The van der Waals surface area contributed by atoms with Gasteiger partial charge in [0.05, 0.1) is 5.69 Å². The molecule has 0 radical (unpaired) electrons. The molecule has 1 N–H and O–H groups in total. The number of aryl methyl sites for hydroxylation is 1. The normalized spacial score (nSPS) is 10.6. The van der Waals surface area contributed by atoms with Gasteiger partial charge in [-0.1, -0.05) is 15.9 Å². The lowest BCUT2D eigenvalue weighted by atomic mass is 10.2. The number of hydrogen-bond acceptors (Lipinski definition) is 4. The maximum Gasteiger partial charge on any atom is 0.131 e. The molecule has 0 aliphatic carbocycles. The molecule has 0 spiro atoms. The van der Waals surface area contributed by atoms with E-state index in [0.29, 0.717) is 6.61 Å². The summed E-state index contributed by atoms with van der Waals surface area (Å²) in [6.07, 6.45) is 0. The minimum atomic E-state index is 0.515. The summed E-state index contributed by atoms with van der Waals surface area (Å²) >= 11 is 5.13. The molecule has 0 amide bonds. The molecule has 1 aromatic heterocycles. The number of halogens is 1. The Morgan fingerprint density at radius 1 is 1.44 bits per heavy atom. The standard InChI is InChI=1S/C13H15BrN2OS/c1-9-5-11(3-4-12(9)14)17-7-10-8-18-13(16-10)6-15-2/h3-5,8,15H,6-7H2,1-2H3. The van der Waals surface area contributed by atoms with Crippen LogP contribution in [0.25, 0.3) is 0 Å². The molecule has 96 valence electrons. The summed E-state index contributed by atoms with van der Waals surface area (Å²) < 4.78 is 6.82. The highest BCUT2D eigenvalue weighted by Crippen LogP contribution is 2.22. The number of thiazole rings is 1. The lowest BCUT2D eigenvalue weighted by Crippen LogP contribution is -2.05. The zero-order valence-electron chi connectivity index (χ0n) is 10.4. The zero-order chi connectivity index (χ0) is 13.0. The molecule has 0 saturated carbocycles. The molecule has 1 aromatic carbocycles. The van der Waals surface area contributed by atoms with Gasteiger partial charge in [-0.2, -0.15) is 0 Å². The smallest absolute Gasteiger partial charge is 0.131 e. The minimum Gasteiger partial charge on any atom is -0.487 e. The van der Waals surface area contributed by atoms with E-state index in [2.05, 4.69) is 26.2 Å². The summed E-state index contributed by atoms with van der Waals surface area (Å²) in [4.78, 5) is 4.48. The van der Waals surface area contributed by atoms with Crippen LogP contribution in [0, 0.1) is 6.92 Å². The Balaban J connectivity index is 1.95. The van der Waals surface area contributed by atoms with E-state index in [1.165, 1.54) is 5.56 Å². The highest BCUT2D eigenvalue weighted by Gasteiger charge is 2.03. The zero-order valence-corrected chi connectivity index (χ0v) is 12.8. The number of nitrogens with zero attached hydrogens (tertiary/aromatic N) is 1. The van der Waals surface area contributed by atoms with Crippen molar-refractivity contribution >= 4 is 27.3 Å². The first kappa shape index (κ1) is 13.5. The Morgan fingerprint density at radius 2 is 2.28 bits per heavy atom. The number of benzene rings is 1. The van der Waals surface area contributed by atoms with E-state index < -0.39 is 0 Å². The van der Waals surface area contributed by atoms with Crippen LogP contribution in [0.4, 0.5) is 0 Å². The number of hydrogen-bond donors (Lipinski definition) is 1. The molecule has 0 unspecified atom stereocenters. The second-order valence-electron chi connectivity index (χ2n) is 3.96. The van der Waals surface area contributed by atoms with Crippen LogP contribution < -0.4 is 10.1 Å². The van der Waals surface area contributed by atoms with Gasteiger partial charge in [-0.05, 0) is 37.7 Å².